The molecule has 0 aliphatic heterocycles. The van der Waals surface area contributed by atoms with Crippen LogP contribution in [0.3, 0.4) is 0 Å². The maximum Gasteiger partial charge on any atom is 0.204 e. The van der Waals surface area contributed by atoms with Gasteiger partial charge in [-0.05, 0) is 50.4 Å². The van der Waals surface area contributed by atoms with Crippen molar-refractivity contribution in [2.24, 2.45) is 0 Å². The van der Waals surface area contributed by atoms with Crippen LogP contribution in [0, 0.1) is 12.7 Å². The fourth-order valence-electron chi connectivity index (χ4n) is 1.34. The molecule has 1 heterocycles. The maximum atomic E-state index is 13.4. The summed E-state index contributed by atoms with van der Waals surface area (Å²) in [6.45, 7) is 1.67. The summed E-state index contributed by atoms with van der Waals surface area (Å²) in [7, 11) is 0. The molecular weight excluding hydrogens is 371 g/mol. The fourth-order valence-corrected chi connectivity index (χ4v) is 3.45. The van der Waals surface area contributed by atoms with Crippen LogP contribution in [0.25, 0.3) is 0 Å². The van der Waals surface area contributed by atoms with Gasteiger partial charge in [0.05, 0.1) is 9.35 Å². The van der Waals surface area contributed by atoms with Crippen molar-refractivity contribution in [2.75, 3.05) is 0 Å². The third-order valence-electron chi connectivity index (χ3n) is 2.33. The Morgan fingerprint density at radius 2 is 2.06 bits per heavy atom. The second-order valence-corrected chi connectivity index (χ2v) is 6.05. The summed E-state index contributed by atoms with van der Waals surface area (Å²) in [5, 5.41) is 1.82. The number of ketones is 1. The molecule has 0 aliphatic carbocycles. The molecule has 5 heteroatoms. The van der Waals surface area contributed by atoms with E-state index < -0.39 is 0 Å². The summed E-state index contributed by atoms with van der Waals surface area (Å²) in [5.74, 6) is -0.533. The molecule has 0 unspecified atom stereocenters. The first kappa shape index (κ1) is 12.9. The number of carbonyl (C=O) groups excluding carboxylic acids is 1. The quantitative estimate of drug-likeness (QED) is 0.676. The van der Waals surface area contributed by atoms with Crippen LogP contribution in [0.4, 0.5) is 4.39 Å². The summed E-state index contributed by atoms with van der Waals surface area (Å²) >= 11 is 7.97. The number of aryl methyl sites for hydroxylation is 1. The van der Waals surface area contributed by atoms with Crippen molar-refractivity contribution in [3.63, 3.8) is 0 Å². The maximum absolute atomic E-state index is 13.4. The Hall–Kier alpha value is -0.520. The van der Waals surface area contributed by atoms with Gasteiger partial charge in [0.1, 0.15) is 5.82 Å². The number of benzene rings is 1. The zero-order valence-electron chi connectivity index (χ0n) is 8.76. The third-order valence-corrected chi connectivity index (χ3v) is 5.85. The molecule has 0 bridgehead atoms. The summed E-state index contributed by atoms with van der Waals surface area (Å²) in [5.41, 5.74) is 0.899. The molecule has 2 rings (SSSR count). The lowest BCUT2D eigenvalue weighted by molar-refractivity contribution is 0.104. The van der Waals surface area contributed by atoms with Crippen LogP contribution < -0.4 is 0 Å². The van der Waals surface area contributed by atoms with Gasteiger partial charge in [0.15, 0.2) is 0 Å². The molecule has 0 saturated carbocycles. The van der Waals surface area contributed by atoms with E-state index in [9.17, 15) is 9.18 Å². The molecule has 0 N–H and O–H groups in total. The van der Waals surface area contributed by atoms with Gasteiger partial charge < -0.3 is 0 Å². The minimum absolute atomic E-state index is 0.175. The minimum Gasteiger partial charge on any atom is -0.288 e. The zero-order valence-corrected chi connectivity index (χ0v) is 12.7. The molecule has 1 nitrogen and oxygen atoms in total. The molecule has 17 heavy (non-hydrogen) atoms. The molecule has 88 valence electrons. The second-order valence-electron chi connectivity index (χ2n) is 3.52. The Bertz CT molecular complexity index is 592. The highest BCUT2D eigenvalue weighted by Gasteiger charge is 2.17. The predicted molar refractivity (Wildman–Crippen MR) is 74.3 cm³/mol. The molecule has 0 atom stereocenters. The van der Waals surface area contributed by atoms with Gasteiger partial charge in [0.25, 0.3) is 0 Å². The fraction of sp³-hybridized carbons (Fsp3) is 0.0833. The van der Waals surface area contributed by atoms with E-state index in [0.29, 0.717) is 20.5 Å². The normalized spacial score (nSPS) is 10.6. The molecule has 0 saturated heterocycles. The highest BCUT2D eigenvalue weighted by atomic mass is 79.9. The first-order valence-electron chi connectivity index (χ1n) is 4.74. The third kappa shape index (κ3) is 2.51. The molecule has 2 aromatic rings. The Labute approximate surface area is 119 Å². The number of halogens is 3. The second kappa shape index (κ2) is 5.00. The lowest BCUT2D eigenvalue weighted by Gasteiger charge is -2.01. The van der Waals surface area contributed by atoms with Gasteiger partial charge in [-0.1, -0.05) is 12.1 Å². The van der Waals surface area contributed by atoms with E-state index in [1.165, 1.54) is 17.4 Å². The SMILES string of the molecule is Cc1ccc(C(=O)c2scc(Br)c2Br)cc1F. The monoisotopic (exact) mass is 376 g/mol. The van der Waals surface area contributed by atoms with Gasteiger partial charge >= 0.3 is 0 Å². The summed E-state index contributed by atoms with van der Waals surface area (Å²) in [6, 6.07) is 4.53. The molecule has 0 amide bonds. The molecule has 0 aliphatic rings. The van der Waals surface area contributed by atoms with Gasteiger partial charge in [-0.2, -0.15) is 0 Å². The van der Waals surface area contributed by atoms with Crippen LogP contribution >= 0.6 is 43.2 Å². The lowest BCUT2D eigenvalue weighted by Crippen LogP contribution is -2.00. The first-order chi connectivity index (χ1) is 8.00. The average Bonchev–Trinajstić information content (AvgIpc) is 2.63. The van der Waals surface area contributed by atoms with E-state index in [4.69, 9.17) is 0 Å². The van der Waals surface area contributed by atoms with Crippen molar-refractivity contribution in [2.45, 2.75) is 6.92 Å². The smallest absolute Gasteiger partial charge is 0.204 e. The number of rotatable bonds is 2. The zero-order chi connectivity index (χ0) is 12.6. The molecule has 0 radical (unpaired) electrons. The summed E-state index contributed by atoms with van der Waals surface area (Å²) in [4.78, 5) is 12.7. The largest absolute Gasteiger partial charge is 0.288 e. The molecule has 0 fully saturated rings. The Balaban J connectivity index is 2.44. The highest BCUT2D eigenvalue weighted by Crippen LogP contribution is 2.34. The number of thiophene rings is 1. The van der Waals surface area contributed by atoms with E-state index in [-0.39, 0.29) is 11.6 Å². The van der Waals surface area contributed by atoms with Crippen molar-refractivity contribution in [1.29, 1.82) is 0 Å². The van der Waals surface area contributed by atoms with Crippen LogP contribution in [-0.2, 0) is 0 Å². The van der Waals surface area contributed by atoms with Crippen LogP contribution in [-0.4, -0.2) is 5.78 Å². The van der Waals surface area contributed by atoms with Crippen LogP contribution in [0.5, 0.6) is 0 Å². The van der Waals surface area contributed by atoms with E-state index in [1.54, 1.807) is 19.1 Å². The average molecular weight is 378 g/mol. The number of carbonyl (C=O) groups is 1. The predicted octanol–water partition coefficient (Wildman–Crippen LogP) is 4.95. The summed E-state index contributed by atoms with van der Waals surface area (Å²) < 4.78 is 14.9. The van der Waals surface area contributed by atoms with Gasteiger partial charge in [0, 0.05) is 15.4 Å². The van der Waals surface area contributed by atoms with Gasteiger partial charge in [0.2, 0.25) is 5.78 Å². The van der Waals surface area contributed by atoms with E-state index in [0.717, 1.165) is 4.47 Å². The molecule has 0 spiro atoms. The van der Waals surface area contributed by atoms with Gasteiger partial charge in [-0.15, -0.1) is 11.3 Å². The van der Waals surface area contributed by atoms with Crippen molar-refractivity contribution in [3.8, 4) is 0 Å². The van der Waals surface area contributed by atoms with Crippen LogP contribution in [0.2, 0.25) is 0 Å². The van der Waals surface area contributed by atoms with Crippen molar-refractivity contribution in [3.05, 3.63) is 54.3 Å². The Morgan fingerprint density at radius 1 is 1.35 bits per heavy atom. The number of hydrogen-bond acceptors (Lipinski definition) is 2. The van der Waals surface area contributed by atoms with Crippen LogP contribution in [0.1, 0.15) is 20.8 Å². The van der Waals surface area contributed by atoms with Gasteiger partial charge in [-0.3, -0.25) is 4.79 Å². The van der Waals surface area contributed by atoms with Crippen molar-refractivity contribution in [1.82, 2.24) is 0 Å². The van der Waals surface area contributed by atoms with E-state index >= 15 is 0 Å². The van der Waals surface area contributed by atoms with Gasteiger partial charge in [-0.25, -0.2) is 4.39 Å². The van der Waals surface area contributed by atoms with Crippen LogP contribution in [0.15, 0.2) is 32.5 Å². The highest BCUT2D eigenvalue weighted by molar-refractivity contribution is 9.13. The minimum atomic E-state index is -0.359. The van der Waals surface area contributed by atoms with Crippen molar-refractivity contribution >= 4 is 49.0 Å². The topological polar surface area (TPSA) is 17.1 Å². The van der Waals surface area contributed by atoms with E-state index in [2.05, 4.69) is 31.9 Å². The lowest BCUT2D eigenvalue weighted by atomic mass is 10.1. The standard InChI is InChI=1S/C12H7Br2FOS/c1-6-2-3-7(4-9(6)15)11(16)12-10(14)8(13)5-17-12/h2-5H,1H3. The summed E-state index contributed by atoms with van der Waals surface area (Å²) in [6.07, 6.45) is 0. The Morgan fingerprint density at radius 3 is 2.59 bits per heavy atom. The molecule has 1 aromatic carbocycles. The molecular formula is C12H7Br2FOS. The molecule has 1 aromatic heterocycles. The Kier molecular flexibility index (Phi) is 3.80. The van der Waals surface area contributed by atoms with E-state index in [1.807, 2.05) is 5.38 Å². The van der Waals surface area contributed by atoms with Crippen molar-refractivity contribution < 1.29 is 9.18 Å². The number of hydrogen-bond donors (Lipinski definition) is 0. The first-order valence-corrected chi connectivity index (χ1v) is 7.20.